The van der Waals surface area contributed by atoms with Gasteiger partial charge in [-0.3, -0.25) is 14.6 Å². The molecule has 4 rings (SSSR count). The summed E-state index contributed by atoms with van der Waals surface area (Å²) in [5.41, 5.74) is 3.50. The summed E-state index contributed by atoms with van der Waals surface area (Å²) < 4.78 is 8.44. The van der Waals surface area contributed by atoms with Gasteiger partial charge in [0.15, 0.2) is 5.65 Å². The third-order valence-electron chi connectivity index (χ3n) is 4.05. The Morgan fingerprint density at radius 1 is 1.27 bits per heavy atom. The second-order valence-corrected chi connectivity index (χ2v) is 6.29. The predicted molar refractivity (Wildman–Crippen MR) is 98.3 cm³/mol. The molecule has 3 aromatic heterocycles. The van der Waals surface area contributed by atoms with Gasteiger partial charge < -0.3 is 4.74 Å². The first-order valence-corrected chi connectivity index (χ1v) is 8.39. The van der Waals surface area contributed by atoms with Gasteiger partial charge in [-0.2, -0.15) is 5.10 Å². The van der Waals surface area contributed by atoms with Crippen LogP contribution in [0.1, 0.15) is 11.4 Å². The highest BCUT2D eigenvalue weighted by Crippen LogP contribution is 2.28. The molecule has 8 heteroatoms. The lowest BCUT2D eigenvalue weighted by Crippen LogP contribution is -2.17. The Morgan fingerprint density at radius 2 is 2.08 bits per heavy atom. The number of fused-ring (bicyclic) bond motifs is 1. The molecule has 0 spiro atoms. The van der Waals surface area contributed by atoms with Crippen molar-refractivity contribution in [3.05, 3.63) is 75.6 Å². The van der Waals surface area contributed by atoms with Crippen LogP contribution in [-0.4, -0.2) is 31.5 Å². The Kier molecular flexibility index (Phi) is 4.32. The number of rotatable bonds is 5. The van der Waals surface area contributed by atoms with Gasteiger partial charge in [0.2, 0.25) is 0 Å². The van der Waals surface area contributed by atoms with Crippen LogP contribution in [-0.2, 0) is 17.9 Å². The number of aromatic amines is 1. The van der Waals surface area contributed by atoms with Gasteiger partial charge in [-0.25, -0.2) is 9.50 Å². The smallest absolute Gasteiger partial charge is 0.272 e. The van der Waals surface area contributed by atoms with Crippen molar-refractivity contribution in [3.8, 4) is 11.1 Å². The van der Waals surface area contributed by atoms with E-state index in [1.807, 2.05) is 36.5 Å². The molecule has 0 saturated carbocycles. The summed E-state index contributed by atoms with van der Waals surface area (Å²) in [4.78, 5) is 17.3. The Balaban J connectivity index is 1.91. The molecule has 1 N–H and O–H groups in total. The van der Waals surface area contributed by atoms with Crippen LogP contribution in [0.3, 0.4) is 0 Å². The van der Waals surface area contributed by atoms with Crippen LogP contribution in [0.4, 0.5) is 0 Å². The number of hydrogen-bond donors (Lipinski definition) is 1. The van der Waals surface area contributed by atoms with E-state index in [1.54, 1.807) is 18.0 Å². The molecule has 0 saturated heterocycles. The average Bonchev–Trinajstić information content (AvgIpc) is 3.24. The van der Waals surface area contributed by atoms with Gasteiger partial charge in [-0.05, 0) is 23.8 Å². The van der Waals surface area contributed by atoms with Crippen molar-refractivity contribution in [1.29, 1.82) is 0 Å². The van der Waals surface area contributed by atoms with Crippen molar-refractivity contribution in [3.63, 3.8) is 0 Å². The molecule has 26 heavy (non-hydrogen) atoms. The molecule has 4 aromatic rings. The van der Waals surface area contributed by atoms with Crippen molar-refractivity contribution in [1.82, 2.24) is 24.4 Å². The monoisotopic (exact) mass is 369 g/mol. The minimum atomic E-state index is -0.185. The molecule has 0 atom stereocenters. The van der Waals surface area contributed by atoms with Crippen molar-refractivity contribution in [2.24, 2.45) is 0 Å². The highest BCUT2D eigenvalue weighted by molar-refractivity contribution is 6.30. The molecule has 0 unspecified atom stereocenters. The Morgan fingerprint density at radius 3 is 2.77 bits per heavy atom. The average molecular weight is 370 g/mol. The number of ether oxygens (including phenoxy) is 1. The van der Waals surface area contributed by atoms with Gasteiger partial charge >= 0.3 is 0 Å². The number of H-pyrrole nitrogens is 1. The summed E-state index contributed by atoms with van der Waals surface area (Å²) >= 11 is 6.01. The highest BCUT2D eigenvalue weighted by Gasteiger charge is 2.17. The third kappa shape index (κ3) is 3.02. The quantitative estimate of drug-likeness (QED) is 0.586. The zero-order chi connectivity index (χ0) is 18.1. The molecular formula is C18H16ClN5O2. The minimum absolute atomic E-state index is 0.185. The fourth-order valence-corrected chi connectivity index (χ4v) is 3.07. The maximum Gasteiger partial charge on any atom is 0.272 e. The lowest BCUT2D eigenvalue weighted by atomic mass is 10.1. The topological polar surface area (TPSA) is 77.2 Å². The van der Waals surface area contributed by atoms with E-state index >= 15 is 0 Å². The van der Waals surface area contributed by atoms with Crippen LogP contribution in [0.2, 0.25) is 5.02 Å². The van der Waals surface area contributed by atoms with Gasteiger partial charge in [-0.15, -0.1) is 0 Å². The van der Waals surface area contributed by atoms with Crippen LogP contribution < -0.4 is 5.56 Å². The number of nitrogens with one attached hydrogen (secondary N) is 1. The molecule has 132 valence electrons. The number of benzene rings is 1. The van der Waals surface area contributed by atoms with Crippen LogP contribution in [0, 0.1) is 0 Å². The molecule has 0 amide bonds. The highest BCUT2D eigenvalue weighted by atomic mass is 35.5. The number of methoxy groups -OCH3 is 1. The summed E-state index contributed by atoms with van der Waals surface area (Å²) in [6.07, 6.45) is 3.52. The van der Waals surface area contributed by atoms with Crippen molar-refractivity contribution < 1.29 is 4.74 Å². The second-order valence-electron chi connectivity index (χ2n) is 5.85. The number of aromatic nitrogens is 5. The molecular weight excluding hydrogens is 354 g/mol. The summed E-state index contributed by atoms with van der Waals surface area (Å²) in [6.45, 7) is 0.749. The number of nitrogens with zero attached hydrogens (tertiary/aromatic N) is 4. The lowest BCUT2D eigenvalue weighted by molar-refractivity contribution is 0.181. The first-order valence-electron chi connectivity index (χ1n) is 8.01. The minimum Gasteiger partial charge on any atom is -0.378 e. The van der Waals surface area contributed by atoms with Crippen LogP contribution in [0.25, 0.3) is 16.8 Å². The molecule has 3 heterocycles. The fourth-order valence-electron chi connectivity index (χ4n) is 2.94. The van der Waals surface area contributed by atoms with E-state index in [0.717, 1.165) is 16.8 Å². The number of halogens is 1. The molecule has 0 aliphatic heterocycles. The zero-order valence-corrected chi connectivity index (χ0v) is 14.8. The van der Waals surface area contributed by atoms with Crippen molar-refractivity contribution in [2.75, 3.05) is 7.11 Å². The van der Waals surface area contributed by atoms with Gasteiger partial charge in [0, 0.05) is 36.2 Å². The SMILES string of the molecule is COCc1[nH]n2c(=O)cc(Cn3cccn3)nc2c1-c1ccc(Cl)cc1. The normalized spacial score (nSPS) is 11.3. The zero-order valence-electron chi connectivity index (χ0n) is 14.0. The second kappa shape index (κ2) is 6.78. The molecule has 0 bridgehead atoms. The van der Waals surface area contributed by atoms with E-state index in [2.05, 4.69) is 10.2 Å². The van der Waals surface area contributed by atoms with E-state index in [1.165, 1.54) is 10.6 Å². The van der Waals surface area contributed by atoms with Crippen molar-refractivity contribution in [2.45, 2.75) is 13.2 Å². The first-order chi connectivity index (χ1) is 12.7. The van der Waals surface area contributed by atoms with E-state index in [4.69, 9.17) is 21.3 Å². The van der Waals surface area contributed by atoms with Gasteiger partial charge in [0.05, 0.1) is 24.5 Å². The predicted octanol–water partition coefficient (Wildman–Crippen LogP) is 2.73. The first kappa shape index (κ1) is 16.6. The fraction of sp³-hybridized carbons (Fsp3) is 0.167. The van der Waals surface area contributed by atoms with E-state index in [-0.39, 0.29) is 5.56 Å². The molecule has 0 aliphatic carbocycles. The molecule has 7 nitrogen and oxygen atoms in total. The standard InChI is InChI=1S/C18H16ClN5O2/c1-26-11-15-17(12-3-5-13(19)6-4-12)18-21-14(9-16(25)24(18)22-15)10-23-8-2-7-20-23/h2-9,22H,10-11H2,1H3. The van der Waals surface area contributed by atoms with Crippen molar-refractivity contribution >= 4 is 17.2 Å². The summed E-state index contributed by atoms with van der Waals surface area (Å²) in [5, 5.41) is 7.91. The Hall–Kier alpha value is -2.90. The Labute approximate surface area is 153 Å². The lowest BCUT2D eigenvalue weighted by Gasteiger charge is -2.05. The Bertz CT molecular complexity index is 1100. The molecule has 1 aromatic carbocycles. The van der Waals surface area contributed by atoms with Crippen LogP contribution in [0.5, 0.6) is 0 Å². The molecule has 0 aliphatic rings. The summed E-state index contributed by atoms with van der Waals surface area (Å²) in [7, 11) is 1.61. The maximum absolute atomic E-state index is 12.6. The maximum atomic E-state index is 12.6. The van der Waals surface area contributed by atoms with Gasteiger partial charge in [0.25, 0.3) is 5.56 Å². The van der Waals surface area contributed by atoms with E-state index in [9.17, 15) is 4.79 Å². The molecule has 0 fully saturated rings. The van der Waals surface area contributed by atoms with Crippen LogP contribution >= 0.6 is 11.6 Å². The third-order valence-corrected chi connectivity index (χ3v) is 4.30. The number of hydrogen-bond acceptors (Lipinski definition) is 4. The van der Waals surface area contributed by atoms with E-state index < -0.39 is 0 Å². The summed E-state index contributed by atoms with van der Waals surface area (Å²) in [6, 6.07) is 10.8. The summed E-state index contributed by atoms with van der Waals surface area (Å²) in [5.74, 6) is 0. The van der Waals surface area contributed by atoms with E-state index in [0.29, 0.717) is 29.5 Å². The largest absolute Gasteiger partial charge is 0.378 e. The van der Waals surface area contributed by atoms with Crippen LogP contribution in [0.15, 0.2) is 53.6 Å². The van der Waals surface area contributed by atoms with Gasteiger partial charge in [-0.1, -0.05) is 23.7 Å². The van der Waals surface area contributed by atoms with Gasteiger partial charge in [0.1, 0.15) is 0 Å². The molecule has 0 radical (unpaired) electrons.